The van der Waals surface area contributed by atoms with Gasteiger partial charge in [-0.3, -0.25) is 4.90 Å². The average molecular weight is 536 g/mol. The third-order valence-electron chi connectivity index (χ3n) is 8.07. The number of piperazine rings is 2. The SMILES string of the molecule is COc1ccc(N2CCN(c3ncnc(N4CCN(C(c5ccccc5)c5ccccc5)CC4)c3N)CC2)cc1. The van der Waals surface area contributed by atoms with Crippen molar-refractivity contribution >= 4 is 23.0 Å². The van der Waals surface area contributed by atoms with Gasteiger partial charge in [-0.2, -0.15) is 0 Å². The number of hydrogen-bond donors (Lipinski definition) is 1. The zero-order valence-corrected chi connectivity index (χ0v) is 23.1. The number of nitrogens with two attached hydrogens (primary N) is 1. The third-order valence-corrected chi connectivity index (χ3v) is 8.07. The highest BCUT2D eigenvalue weighted by molar-refractivity contribution is 5.76. The summed E-state index contributed by atoms with van der Waals surface area (Å²) in [5, 5.41) is 0. The molecule has 1 aromatic heterocycles. The van der Waals surface area contributed by atoms with E-state index in [1.165, 1.54) is 16.8 Å². The van der Waals surface area contributed by atoms with Crippen LogP contribution in [0.5, 0.6) is 5.75 Å². The monoisotopic (exact) mass is 535 g/mol. The molecule has 0 atom stereocenters. The van der Waals surface area contributed by atoms with E-state index in [1.807, 2.05) is 12.1 Å². The smallest absolute Gasteiger partial charge is 0.157 e. The molecule has 8 nitrogen and oxygen atoms in total. The standard InChI is InChI=1S/C32H37N7O/c1-40-28-14-12-27(13-15-28)36-16-20-38(21-17-36)31-29(33)32(35-24-34-31)39-22-18-37(19-23-39)30(25-8-4-2-5-9-25)26-10-6-3-7-11-26/h2-15,24,30H,16-23,33H2,1H3. The molecule has 6 rings (SSSR count). The van der Waals surface area contributed by atoms with Gasteiger partial charge in [0.15, 0.2) is 11.6 Å². The third kappa shape index (κ3) is 5.40. The molecule has 3 aromatic carbocycles. The number of benzene rings is 3. The normalized spacial score (nSPS) is 16.4. The van der Waals surface area contributed by atoms with Crippen LogP contribution in [0.1, 0.15) is 17.2 Å². The summed E-state index contributed by atoms with van der Waals surface area (Å²) in [5.41, 5.74) is 11.3. The number of rotatable bonds is 7. The van der Waals surface area contributed by atoms with Crippen molar-refractivity contribution in [2.75, 3.05) is 79.9 Å². The Balaban J connectivity index is 1.13. The molecule has 40 heavy (non-hydrogen) atoms. The van der Waals surface area contributed by atoms with Crippen molar-refractivity contribution in [2.24, 2.45) is 0 Å². The zero-order chi connectivity index (χ0) is 27.3. The van der Waals surface area contributed by atoms with Crippen molar-refractivity contribution in [3.8, 4) is 5.75 Å². The molecule has 0 amide bonds. The maximum atomic E-state index is 6.75. The summed E-state index contributed by atoms with van der Waals surface area (Å²) in [6.45, 7) is 7.10. The molecule has 0 aliphatic carbocycles. The summed E-state index contributed by atoms with van der Waals surface area (Å²) >= 11 is 0. The van der Waals surface area contributed by atoms with Gasteiger partial charge >= 0.3 is 0 Å². The number of ether oxygens (including phenoxy) is 1. The lowest BCUT2D eigenvalue weighted by molar-refractivity contribution is 0.212. The molecule has 4 aromatic rings. The van der Waals surface area contributed by atoms with Crippen LogP contribution in [0, 0.1) is 0 Å². The average Bonchev–Trinajstić information content (AvgIpc) is 3.03. The minimum atomic E-state index is 0.227. The van der Waals surface area contributed by atoms with E-state index in [-0.39, 0.29) is 6.04 Å². The van der Waals surface area contributed by atoms with Crippen molar-refractivity contribution < 1.29 is 4.74 Å². The molecule has 2 N–H and O–H groups in total. The van der Waals surface area contributed by atoms with Gasteiger partial charge in [0.05, 0.1) is 13.2 Å². The molecule has 0 unspecified atom stereocenters. The van der Waals surface area contributed by atoms with Gasteiger partial charge in [-0.05, 0) is 35.4 Å². The largest absolute Gasteiger partial charge is 0.497 e. The Labute approximate surface area is 236 Å². The molecule has 0 radical (unpaired) electrons. The first-order valence-corrected chi connectivity index (χ1v) is 14.0. The van der Waals surface area contributed by atoms with Crippen LogP contribution in [-0.4, -0.2) is 74.3 Å². The van der Waals surface area contributed by atoms with Crippen molar-refractivity contribution in [1.29, 1.82) is 0 Å². The van der Waals surface area contributed by atoms with Gasteiger partial charge in [-0.25, -0.2) is 9.97 Å². The van der Waals surface area contributed by atoms with Crippen molar-refractivity contribution in [2.45, 2.75) is 6.04 Å². The minimum absolute atomic E-state index is 0.227. The highest BCUT2D eigenvalue weighted by atomic mass is 16.5. The van der Waals surface area contributed by atoms with E-state index < -0.39 is 0 Å². The number of hydrogen-bond acceptors (Lipinski definition) is 8. The van der Waals surface area contributed by atoms with E-state index in [2.05, 4.69) is 102 Å². The number of methoxy groups -OCH3 is 1. The fraction of sp³-hybridized carbons (Fsp3) is 0.312. The van der Waals surface area contributed by atoms with E-state index >= 15 is 0 Å². The molecule has 0 saturated carbocycles. The lowest BCUT2D eigenvalue weighted by atomic mass is 9.96. The van der Waals surface area contributed by atoms with Gasteiger partial charge in [-0.1, -0.05) is 60.7 Å². The fourth-order valence-electron chi connectivity index (χ4n) is 5.93. The second-order valence-electron chi connectivity index (χ2n) is 10.4. The first kappa shape index (κ1) is 26.0. The number of anilines is 4. The predicted octanol–water partition coefficient (Wildman–Crippen LogP) is 4.31. The van der Waals surface area contributed by atoms with Crippen LogP contribution in [0.2, 0.25) is 0 Å². The zero-order valence-electron chi connectivity index (χ0n) is 23.1. The highest BCUT2D eigenvalue weighted by Crippen LogP contribution is 2.33. The van der Waals surface area contributed by atoms with Gasteiger partial charge in [0.25, 0.3) is 0 Å². The quantitative estimate of drug-likeness (QED) is 0.376. The number of aromatic nitrogens is 2. The van der Waals surface area contributed by atoms with Crippen LogP contribution < -0.4 is 25.2 Å². The van der Waals surface area contributed by atoms with Gasteiger partial charge in [0.2, 0.25) is 0 Å². The van der Waals surface area contributed by atoms with Crippen LogP contribution >= 0.6 is 0 Å². The highest BCUT2D eigenvalue weighted by Gasteiger charge is 2.29. The van der Waals surface area contributed by atoms with Gasteiger partial charge in [0, 0.05) is 58.0 Å². The number of nitrogen functional groups attached to an aromatic ring is 1. The van der Waals surface area contributed by atoms with Crippen LogP contribution in [0.3, 0.4) is 0 Å². The molecule has 3 heterocycles. The van der Waals surface area contributed by atoms with E-state index in [1.54, 1.807) is 13.4 Å². The van der Waals surface area contributed by atoms with Gasteiger partial charge in [-0.15, -0.1) is 0 Å². The molecule has 2 aliphatic rings. The number of nitrogens with zero attached hydrogens (tertiary/aromatic N) is 6. The molecule has 0 spiro atoms. The predicted molar refractivity (Wildman–Crippen MR) is 162 cm³/mol. The summed E-state index contributed by atoms with van der Waals surface area (Å²) in [6, 6.07) is 30.1. The van der Waals surface area contributed by atoms with Crippen molar-refractivity contribution in [1.82, 2.24) is 14.9 Å². The van der Waals surface area contributed by atoms with Crippen LogP contribution in [0.15, 0.2) is 91.3 Å². The maximum Gasteiger partial charge on any atom is 0.157 e. The van der Waals surface area contributed by atoms with E-state index in [9.17, 15) is 0 Å². The van der Waals surface area contributed by atoms with Gasteiger partial charge in [0.1, 0.15) is 17.8 Å². The summed E-state index contributed by atoms with van der Waals surface area (Å²) in [5.74, 6) is 2.56. The van der Waals surface area contributed by atoms with Crippen molar-refractivity contribution in [3.05, 3.63) is 102 Å². The lowest BCUT2D eigenvalue weighted by Crippen LogP contribution is -2.49. The first-order valence-electron chi connectivity index (χ1n) is 14.0. The Morgan fingerprint density at radius 2 is 1.10 bits per heavy atom. The molecule has 206 valence electrons. The minimum Gasteiger partial charge on any atom is -0.497 e. The molecule has 2 fully saturated rings. The molecule has 2 aliphatic heterocycles. The second-order valence-corrected chi connectivity index (χ2v) is 10.4. The molecular weight excluding hydrogens is 498 g/mol. The van der Waals surface area contributed by atoms with Crippen LogP contribution in [-0.2, 0) is 0 Å². The van der Waals surface area contributed by atoms with E-state index in [0.29, 0.717) is 5.69 Å². The summed E-state index contributed by atoms with van der Waals surface area (Å²) in [4.78, 5) is 18.8. The Hall–Kier alpha value is -4.30. The topological polar surface area (TPSA) is 74.0 Å². The Morgan fingerprint density at radius 3 is 1.60 bits per heavy atom. The van der Waals surface area contributed by atoms with E-state index in [0.717, 1.165) is 69.7 Å². The summed E-state index contributed by atoms with van der Waals surface area (Å²) < 4.78 is 5.30. The molecule has 8 heteroatoms. The van der Waals surface area contributed by atoms with Crippen LogP contribution in [0.25, 0.3) is 0 Å². The molecular formula is C32H37N7O. The van der Waals surface area contributed by atoms with Crippen molar-refractivity contribution in [3.63, 3.8) is 0 Å². The summed E-state index contributed by atoms with van der Waals surface area (Å²) in [7, 11) is 1.69. The maximum absolute atomic E-state index is 6.75. The second kappa shape index (κ2) is 11.8. The molecule has 2 saturated heterocycles. The first-order chi connectivity index (χ1) is 19.7. The molecule has 0 bridgehead atoms. The lowest BCUT2D eigenvalue weighted by Gasteiger charge is -2.41. The van der Waals surface area contributed by atoms with Crippen LogP contribution in [0.4, 0.5) is 23.0 Å². The summed E-state index contributed by atoms with van der Waals surface area (Å²) in [6.07, 6.45) is 1.67. The Morgan fingerprint density at radius 1 is 0.625 bits per heavy atom. The Bertz CT molecular complexity index is 1330. The fourth-order valence-corrected chi connectivity index (χ4v) is 5.93. The van der Waals surface area contributed by atoms with Gasteiger partial charge < -0.3 is 25.2 Å². The Kier molecular flexibility index (Phi) is 7.68. The van der Waals surface area contributed by atoms with E-state index in [4.69, 9.17) is 10.5 Å².